The number of aromatic amines is 1. The molecular weight excluding hydrogens is 243 g/mol. The summed E-state index contributed by atoms with van der Waals surface area (Å²) in [5.41, 5.74) is 3.46. The van der Waals surface area contributed by atoms with Crippen molar-refractivity contribution in [2.45, 2.75) is 32.4 Å². The van der Waals surface area contributed by atoms with Crippen LogP contribution >= 0.6 is 0 Å². The molecule has 1 aromatic carbocycles. The quantitative estimate of drug-likeness (QED) is 0.891. The van der Waals surface area contributed by atoms with Gasteiger partial charge in [-0.3, -0.25) is 4.90 Å². The van der Waals surface area contributed by atoms with E-state index >= 15 is 0 Å². The molecule has 1 atom stereocenters. The molecular formula is C15H19FN2O. The van der Waals surface area contributed by atoms with Crippen molar-refractivity contribution < 1.29 is 9.50 Å². The number of H-pyrrole nitrogens is 1. The van der Waals surface area contributed by atoms with Crippen LogP contribution in [0.15, 0.2) is 18.2 Å². The molecule has 0 bridgehead atoms. The number of nitrogens with zero attached hydrogens (tertiary/aromatic N) is 1. The van der Waals surface area contributed by atoms with E-state index in [1.165, 1.54) is 17.3 Å². The number of rotatable bonds is 3. The topological polar surface area (TPSA) is 39.3 Å². The molecule has 0 saturated carbocycles. The number of benzene rings is 1. The molecule has 0 fully saturated rings. The van der Waals surface area contributed by atoms with Crippen molar-refractivity contribution in [1.82, 2.24) is 9.88 Å². The minimum absolute atomic E-state index is 0.185. The molecule has 0 saturated heterocycles. The van der Waals surface area contributed by atoms with Gasteiger partial charge in [-0.05, 0) is 37.1 Å². The summed E-state index contributed by atoms with van der Waals surface area (Å²) < 4.78 is 13.4. The lowest BCUT2D eigenvalue weighted by molar-refractivity contribution is 0.151. The van der Waals surface area contributed by atoms with E-state index in [4.69, 9.17) is 0 Å². The number of fused-ring (bicyclic) bond motifs is 3. The first-order valence-electron chi connectivity index (χ1n) is 6.83. The molecule has 3 nitrogen and oxygen atoms in total. The molecule has 1 aliphatic heterocycles. The average Bonchev–Trinajstić information content (AvgIpc) is 2.74. The molecule has 3 rings (SSSR count). The Morgan fingerprint density at radius 3 is 3.11 bits per heavy atom. The normalized spacial score (nSPS) is 17.6. The zero-order valence-electron chi connectivity index (χ0n) is 11.1. The largest absolute Gasteiger partial charge is 0.393 e. The molecule has 19 heavy (non-hydrogen) atoms. The molecule has 2 N–H and O–H groups in total. The van der Waals surface area contributed by atoms with Crippen LogP contribution in [0, 0.1) is 5.82 Å². The number of nitrogens with one attached hydrogen (secondary N) is 1. The molecule has 2 aromatic rings. The number of hydrogen-bond acceptors (Lipinski definition) is 2. The van der Waals surface area contributed by atoms with Gasteiger partial charge in [-0.1, -0.05) is 0 Å². The Kier molecular flexibility index (Phi) is 3.29. The summed E-state index contributed by atoms with van der Waals surface area (Å²) in [6.07, 6.45) is 1.49. The number of aromatic nitrogens is 1. The molecule has 1 aliphatic rings. The molecule has 0 amide bonds. The van der Waals surface area contributed by atoms with Crippen molar-refractivity contribution in [2.75, 3.05) is 13.1 Å². The average molecular weight is 262 g/mol. The zero-order valence-corrected chi connectivity index (χ0v) is 11.1. The van der Waals surface area contributed by atoms with Gasteiger partial charge in [-0.15, -0.1) is 0 Å². The van der Waals surface area contributed by atoms with Gasteiger partial charge in [0.15, 0.2) is 0 Å². The van der Waals surface area contributed by atoms with Gasteiger partial charge in [0.05, 0.1) is 6.10 Å². The van der Waals surface area contributed by atoms with Gasteiger partial charge >= 0.3 is 0 Å². The molecule has 0 radical (unpaired) electrons. The maximum atomic E-state index is 13.4. The second-order valence-corrected chi connectivity index (χ2v) is 5.44. The number of halogens is 1. The summed E-state index contributed by atoms with van der Waals surface area (Å²) in [5.74, 6) is -0.185. The Morgan fingerprint density at radius 1 is 1.47 bits per heavy atom. The first-order chi connectivity index (χ1) is 9.13. The van der Waals surface area contributed by atoms with Crippen LogP contribution in [0.5, 0.6) is 0 Å². The predicted molar refractivity (Wildman–Crippen MR) is 73.5 cm³/mol. The fourth-order valence-corrected chi connectivity index (χ4v) is 2.80. The van der Waals surface area contributed by atoms with Crippen LogP contribution in [0.25, 0.3) is 10.9 Å². The number of hydrogen-bond donors (Lipinski definition) is 2. The molecule has 102 valence electrons. The van der Waals surface area contributed by atoms with Crippen molar-refractivity contribution >= 4 is 10.9 Å². The van der Waals surface area contributed by atoms with Crippen LogP contribution in [0.4, 0.5) is 4.39 Å². The molecule has 0 spiro atoms. The third-order valence-electron chi connectivity index (χ3n) is 3.88. The van der Waals surface area contributed by atoms with Gasteiger partial charge in [-0.2, -0.15) is 0 Å². The highest BCUT2D eigenvalue weighted by Crippen LogP contribution is 2.28. The molecule has 0 aliphatic carbocycles. The lowest BCUT2D eigenvalue weighted by atomic mass is 10.0. The summed E-state index contributed by atoms with van der Waals surface area (Å²) >= 11 is 0. The third kappa shape index (κ3) is 2.51. The molecule has 4 heteroatoms. The maximum absolute atomic E-state index is 13.4. The van der Waals surface area contributed by atoms with E-state index in [0.29, 0.717) is 0 Å². The fourth-order valence-electron chi connectivity index (χ4n) is 2.80. The van der Waals surface area contributed by atoms with Gasteiger partial charge in [0, 0.05) is 42.7 Å². The first kappa shape index (κ1) is 12.6. The SMILES string of the molecule is C[C@H](O)CCN1CCc2[nH]c3ccc(F)cc3c2C1. The number of aliphatic hydroxyl groups is 1. The lowest BCUT2D eigenvalue weighted by Gasteiger charge is -2.27. The second kappa shape index (κ2) is 4.94. The Labute approximate surface area is 112 Å². The van der Waals surface area contributed by atoms with E-state index in [2.05, 4.69) is 9.88 Å². The minimum Gasteiger partial charge on any atom is -0.393 e. The third-order valence-corrected chi connectivity index (χ3v) is 3.88. The standard InChI is InChI=1S/C15H19FN2O/c1-10(19)4-6-18-7-5-15-13(9-18)12-8-11(16)2-3-14(12)17-15/h2-3,8,10,17,19H,4-7,9H2,1H3/t10-/m0/s1. The van der Waals surface area contributed by atoms with Gasteiger partial charge < -0.3 is 10.1 Å². The summed E-state index contributed by atoms with van der Waals surface area (Å²) in [5, 5.41) is 10.4. The van der Waals surface area contributed by atoms with Crippen LogP contribution in [-0.4, -0.2) is 34.2 Å². The highest BCUT2D eigenvalue weighted by Gasteiger charge is 2.20. The summed E-state index contributed by atoms with van der Waals surface area (Å²) in [4.78, 5) is 5.71. The van der Waals surface area contributed by atoms with Crippen LogP contribution in [-0.2, 0) is 13.0 Å². The van der Waals surface area contributed by atoms with E-state index in [9.17, 15) is 9.50 Å². The molecule has 1 aromatic heterocycles. The molecule has 2 heterocycles. The smallest absolute Gasteiger partial charge is 0.123 e. The van der Waals surface area contributed by atoms with Crippen molar-refractivity contribution in [3.8, 4) is 0 Å². The van der Waals surface area contributed by atoms with E-state index in [1.54, 1.807) is 6.07 Å². The Morgan fingerprint density at radius 2 is 2.32 bits per heavy atom. The van der Waals surface area contributed by atoms with Gasteiger partial charge in [0.2, 0.25) is 0 Å². The number of aliphatic hydroxyl groups excluding tert-OH is 1. The van der Waals surface area contributed by atoms with Crippen LogP contribution in [0.3, 0.4) is 0 Å². The van der Waals surface area contributed by atoms with Crippen molar-refractivity contribution in [3.63, 3.8) is 0 Å². The summed E-state index contributed by atoms with van der Waals surface area (Å²) in [6.45, 7) is 4.54. The van der Waals surface area contributed by atoms with Crippen LogP contribution in [0.2, 0.25) is 0 Å². The van der Waals surface area contributed by atoms with Gasteiger partial charge in [0.25, 0.3) is 0 Å². The Hall–Kier alpha value is -1.39. The predicted octanol–water partition coefficient (Wildman–Crippen LogP) is 2.44. The van der Waals surface area contributed by atoms with Crippen molar-refractivity contribution in [2.24, 2.45) is 0 Å². The monoisotopic (exact) mass is 262 g/mol. The van der Waals surface area contributed by atoms with E-state index < -0.39 is 0 Å². The Bertz CT molecular complexity index is 591. The van der Waals surface area contributed by atoms with Crippen molar-refractivity contribution in [1.29, 1.82) is 0 Å². The lowest BCUT2D eigenvalue weighted by Crippen LogP contribution is -2.32. The Balaban J connectivity index is 1.86. The van der Waals surface area contributed by atoms with Crippen LogP contribution < -0.4 is 0 Å². The second-order valence-electron chi connectivity index (χ2n) is 5.44. The maximum Gasteiger partial charge on any atom is 0.123 e. The van der Waals surface area contributed by atoms with Gasteiger partial charge in [-0.25, -0.2) is 4.39 Å². The minimum atomic E-state index is -0.262. The highest BCUT2D eigenvalue weighted by atomic mass is 19.1. The van der Waals surface area contributed by atoms with E-state index in [-0.39, 0.29) is 11.9 Å². The first-order valence-corrected chi connectivity index (χ1v) is 6.83. The van der Waals surface area contributed by atoms with Gasteiger partial charge in [0.1, 0.15) is 5.82 Å². The van der Waals surface area contributed by atoms with E-state index in [0.717, 1.165) is 43.4 Å². The summed E-state index contributed by atoms with van der Waals surface area (Å²) in [7, 11) is 0. The van der Waals surface area contributed by atoms with Crippen molar-refractivity contribution in [3.05, 3.63) is 35.3 Å². The highest BCUT2D eigenvalue weighted by molar-refractivity contribution is 5.84. The van der Waals surface area contributed by atoms with E-state index in [1.807, 2.05) is 13.0 Å². The van der Waals surface area contributed by atoms with Crippen LogP contribution in [0.1, 0.15) is 24.6 Å². The zero-order chi connectivity index (χ0) is 13.4. The summed E-state index contributed by atoms with van der Waals surface area (Å²) in [6, 6.07) is 4.92. The molecule has 0 unspecified atom stereocenters. The fraction of sp³-hybridized carbons (Fsp3) is 0.467.